The first-order valence-corrected chi connectivity index (χ1v) is 14.1. The number of aliphatic imine (C=N–C) groups is 1. The van der Waals surface area contributed by atoms with Gasteiger partial charge in [0.1, 0.15) is 18.1 Å². The molecular weight excluding hydrogens is 530 g/mol. The van der Waals surface area contributed by atoms with Crippen molar-refractivity contribution in [2.45, 2.75) is 44.9 Å². The van der Waals surface area contributed by atoms with Crippen LogP contribution in [-0.2, 0) is 25.7 Å². The van der Waals surface area contributed by atoms with Gasteiger partial charge in [0.2, 0.25) is 5.91 Å². The molecule has 0 radical (unpaired) electrons. The molecule has 10 heteroatoms. The van der Waals surface area contributed by atoms with Gasteiger partial charge in [-0.15, -0.1) is 0 Å². The molecule has 1 amide bonds. The van der Waals surface area contributed by atoms with Gasteiger partial charge in [0.25, 0.3) is 0 Å². The van der Waals surface area contributed by atoms with Gasteiger partial charge in [-0.2, -0.15) is 0 Å². The number of benzene rings is 2. The van der Waals surface area contributed by atoms with Crippen LogP contribution >= 0.6 is 11.8 Å². The van der Waals surface area contributed by atoms with E-state index < -0.39 is 12.0 Å². The fraction of sp³-hybridized carbons (Fsp3) is 0.367. The van der Waals surface area contributed by atoms with Gasteiger partial charge in [0.15, 0.2) is 5.17 Å². The number of amides is 1. The average Bonchev–Trinajstić information content (AvgIpc) is 3.64. The van der Waals surface area contributed by atoms with E-state index in [1.807, 2.05) is 52.8 Å². The van der Waals surface area contributed by atoms with Gasteiger partial charge in [-0.1, -0.05) is 42.1 Å². The molecule has 210 valence electrons. The summed E-state index contributed by atoms with van der Waals surface area (Å²) in [4.78, 5) is 33.4. The molecule has 9 nitrogen and oxygen atoms in total. The zero-order valence-corrected chi connectivity index (χ0v) is 23.7. The van der Waals surface area contributed by atoms with E-state index in [0.29, 0.717) is 34.5 Å². The van der Waals surface area contributed by atoms with Crippen molar-refractivity contribution >= 4 is 28.8 Å². The summed E-state index contributed by atoms with van der Waals surface area (Å²) in [5.74, 6) is 0.569. The van der Waals surface area contributed by atoms with Crippen LogP contribution in [0.3, 0.4) is 0 Å². The van der Waals surface area contributed by atoms with Gasteiger partial charge in [-0.05, 0) is 48.4 Å². The number of rotatable bonds is 10. The molecule has 2 aromatic rings. The number of carbonyl (C=O) groups excluding carboxylic acids is 2. The van der Waals surface area contributed by atoms with E-state index in [4.69, 9.17) is 23.9 Å². The van der Waals surface area contributed by atoms with Gasteiger partial charge in [0, 0.05) is 24.9 Å². The molecule has 3 aliphatic rings. The third-order valence-corrected chi connectivity index (χ3v) is 7.90. The number of allylic oxidation sites excluding steroid dienone is 1. The number of amidine groups is 1. The first-order valence-electron chi connectivity index (χ1n) is 13.2. The van der Waals surface area contributed by atoms with Crippen molar-refractivity contribution in [3.05, 3.63) is 82.0 Å². The smallest absolute Gasteiger partial charge is 0.338 e. The van der Waals surface area contributed by atoms with E-state index >= 15 is 0 Å². The van der Waals surface area contributed by atoms with Crippen LogP contribution in [-0.4, -0.2) is 55.4 Å². The highest BCUT2D eigenvalue weighted by atomic mass is 32.2. The third-order valence-electron chi connectivity index (χ3n) is 7.02. The molecule has 0 saturated carbocycles. The summed E-state index contributed by atoms with van der Waals surface area (Å²) in [7, 11) is 3.16. The van der Waals surface area contributed by atoms with Crippen LogP contribution in [0.15, 0.2) is 75.9 Å². The van der Waals surface area contributed by atoms with Crippen molar-refractivity contribution in [2.75, 3.05) is 27.4 Å². The van der Waals surface area contributed by atoms with Crippen molar-refractivity contribution in [2.24, 2.45) is 4.99 Å². The maximum atomic E-state index is 13.7. The maximum absolute atomic E-state index is 13.7. The van der Waals surface area contributed by atoms with Gasteiger partial charge in [-0.25, -0.2) is 9.79 Å². The first-order chi connectivity index (χ1) is 19.5. The van der Waals surface area contributed by atoms with E-state index in [9.17, 15) is 9.59 Å². The molecule has 0 aliphatic carbocycles. The second kappa shape index (κ2) is 12.6. The zero-order chi connectivity index (χ0) is 28.1. The minimum Gasteiger partial charge on any atom is -0.497 e. The Bertz CT molecular complexity index is 1330. The Morgan fingerprint density at radius 1 is 1.12 bits per heavy atom. The third kappa shape index (κ3) is 6.18. The summed E-state index contributed by atoms with van der Waals surface area (Å²) < 4.78 is 22.5. The summed E-state index contributed by atoms with van der Waals surface area (Å²) in [6, 6.07) is 14.4. The highest BCUT2D eigenvalue weighted by Gasteiger charge is 2.41. The predicted molar refractivity (Wildman–Crippen MR) is 153 cm³/mol. The Morgan fingerprint density at radius 2 is 1.88 bits per heavy atom. The maximum Gasteiger partial charge on any atom is 0.338 e. The summed E-state index contributed by atoms with van der Waals surface area (Å²) in [5, 5.41) is 5.60. The Kier molecular flexibility index (Phi) is 8.76. The topological polar surface area (TPSA) is 98.7 Å². The molecule has 5 rings (SSSR count). The quantitative estimate of drug-likeness (QED) is 0.415. The Labute approximate surface area is 238 Å². The van der Waals surface area contributed by atoms with Gasteiger partial charge in [-0.3, -0.25) is 4.79 Å². The van der Waals surface area contributed by atoms with E-state index in [-0.39, 0.29) is 25.0 Å². The van der Waals surface area contributed by atoms with E-state index in [1.54, 1.807) is 27.2 Å². The standard InChI is InChI=1S/C30H33N3O6S/c1-19-27(29(35)39-17-20-8-5-4-6-9-20)28(21-12-24(36-2)15-25(13-21)37-3)33-22(18-40-30(33)32-19)14-26(34)31-16-23-10-7-11-38-23/h4-6,8-9,12-13,15,18,23,28H,7,10-11,14,16-17H2,1-3H3,(H,31,34)/t23-,28-/m1/s1. The monoisotopic (exact) mass is 563 g/mol. The van der Waals surface area contributed by atoms with Crippen LogP contribution in [0, 0.1) is 0 Å². The highest BCUT2D eigenvalue weighted by Crippen LogP contribution is 2.46. The van der Waals surface area contributed by atoms with Crippen LogP contribution in [0.4, 0.5) is 0 Å². The highest BCUT2D eigenvalue weighted by molar-refractivity contribution is 8.16. The summed E-state index contributed by atoms with van der Waals surface area (Å²) in [5.41, 5.74) is 3.32. The lowest BCUT2D eigenvalue weighted by Gasteiger charge is -2.36. The average molecular weight is 564 g/mol. The lowest BCUT2D eigenvalue weighted by molar-refractivity contribution is -0.141. The number of methoxy groups -OCH3 is 2. The summed E-state index contributed by atoms with van der Waals surface area (Å²) in [6.07, 6.45) is 2.13. The fourth-order valence-electron chi connectivity index (χ4n) is 4.99. The van der Waals surface area contributed by atoms with Crippen molar-refractivity contribution in [3.8, 4) is 11.5 Å². The number of hydrogen-bond acceptors (Lipinski definition) is 9. The lowest BCUT2D eigenvalue weighted by atomic mass is 9.93. The number of fused-ring (bicyclic) bond motifs is 1. The van der Waals surface area contributed by atoms with Gasteiger partial charge in [0.05, 0.1) is 44.1 Å². The molecule has 1 N–H and O–H groups in total. The van der Waals surface area contributed by atoms with Crippen LogP contribution in [0.5, 0.6) is 11.5 Å². The summed E-state index contributed by atoms with van der Waals surface area (Å²) in [6.45, 7) is 3.15. The van der Waals surface area contributed by atoms with Crippen molar-refractivity contribution < 1.29 is 28.5 Å². The predicted octanol–water partition coefficient (Wildman–Crippen LogP) is 4.71. The number of carbonyl (C=O) groups is 2. The van der Waals surface area contributed by atoms with Crippen molar-refractivity contribution in [1.82, 2.24) is 10.2 Å². The van der Waals surface area contributed by atoms with Crippen LogP contribution in [0.25, 0.3) is 0 Å². The molecule has 3 aliphatic heterocycles. The Hall–Kier alpha value is -3.76. The molecule has 0 aromatic heterocycles. The molecule has 2 aromatic carbocycles. The molecule has 0 unspecified atom stereocenters. The largest absolute Gasteiger partial charge is 0.497 e. The molecule has 2 atom stereocenters. The molecule has 0 bridgehead atoms. The summed E-state index contributed by atoms with van der Waals surface area (Å²) >= 11 is 1.43. The van der Waals surface area contributed by atoms with Crippen molar-refractivity contribution in [1.29, 1.82) is 0 Å². The molecule has 1 fully saturated rings. The molecule has 1 saturated heterocycles. The first kappa shape index (κ1) is 27.8. The Balaban J connectivity index is 1.45. The van der Waals surface area contributed by atoms with Crippen LogP contribution in [0.2, 0.25) is 0 Å². The fourth-order valence-corrected chi connectivity index (χ4v) is 5.96. The molecular formula is C30H33N3O6S. The second-order valence-electron chi connectivity index (χ2n) is 9.72. The number of thioether (sulfide) groups is 1. The van der Waals surface area contributed by atoms with E-state index in [2.05, 4.69) is 5.32 Å². The second-order valence-corrected chi connectivity index (χ2v) is 10.6. The minimum absolute atomic E-state index is 0.0524. The number of ether oxygens (including phenoxy) is 4. The van der Waals surface area contributed by atoms with Gasteiger partial charge >= 0.3 is 5.97 Å². The zero-order valence-electron chi connectivity index (χ0n) is 22.8. The van der Waals surface area contributed by atoms with E-state index in [0.717, 1.165) is 36.3 Å². The normalized spacial score (nSPS) is 20.0. The minimum atomic E-state index is -0.605. The Morgan fingerprint density at radius 3 is 2.55 bits per heavy atom. The number of esters is 1. The number of nitrogens with zero attached hydrogens (tertiary/aromatic N) is 2. The molecule has 40 heavy (non-hydrogen) atoms. The SMILES string of the molecule is COc1cc(OC)cc([C@@H]2C(C(=O)OCc3ccccc3)=C(C)N=C3SC=C(CC(=O)NC[C@H]4CCCO4)N32)c1. The van der Waals surface area contributed by atoms with Crippen molar-refractivity contribution in [3.63, 3.8) is 0 Å². The number of hydrogen-bond donors (Lipinski definition) is 1. The van der Waals surface area contributed by atoms with Gasteiger partial charge < -0.3 is 29.2 Å². The number of nitrogens with one attached hydrogen (secondary N) is 1. The lowest BCUT2D eigenvalue weighted by Crippen LogP contribution is -2.38. The molecule has 0 spiro atoms. The van der Waals surface area contributed by atoms with Crippen LogP contribution < -0.4 is 14.8 Å². The molecule has 3 heterocycles. The van der Waals surface area contributed by atoms with Crippen LogP contribution in [0.1, 0.15) is 43.4 Å². The van der Waals surface area contributed by atoms with E-state index in [1.165, 1.54) is 11.8 Å².